The van der Waals surface area contributed by atoms with Crippen molar-refractivity contribution in [2.24, 2.45) is 0 Å². The maximum Gasteiger partial charge on any atom is 0.193 e. The lowest BCUT2D eigenvalue weighted by Gasteiger charge is -2.12. The summed E-state index contributed by atoms with van der Waals surface area (Å²) >= 11 is 0. The van der Waals surface area contributed by atoms with Crippen LogP contribution in [-0.4, -0.2) is 23.6 Å². The van der Waals surface area contributed by atoms with E-state index in [-0.39, 0.29) is 5.78 Å². The van der Waals surface area contributed by atoms with E-state index < -0.39 is 6.10 Å². The Morgan fingerprint density at radius 3 is 2.19 bits per heavy atom. The third kappa shape index (κ3) is 7.01. The summed E-state index contributed by atoms with van der Waals surface area (Å²) in [7, 11) is 0. The second kappa shape index (κ2) is 11.5. The quantitative estimate of drug-likeness (QED) is 0.409. The van der Waals surface area contributed by atoms with Crippen LogP contribution in [0.25, 0.3) is 0 Å². The zero-order valence-corrected chi connectivity index (χ0v) is 15.7. The predicted octanol–water partition coefficient (Wildman–Crippen LogP) is 5.41. The first-order chi connectivity index (χ1) is 12.7. The molecular formula is C23H30O3. The van der Waals surface area contributed by atoms with E-state index in [1.807, 2.05) is 30.3 Å². The summed E-state index contributed by atoms with van der Waals surface area (Å²) in [4.78, 5) is 12.4. The third-order valence-electron chi connectivity index (χ3n) is 4.49. The summed E-state index contributed by atoms with van der Waals surface area (Å²) in [6, 6.07) is 16.3. The number of hydrogen-bond donors (Lipinski definition) is 1. The van der Waals surface area contributed by atoms with Crippen molar-refractivity contribution in [2.75, 3.05) is 6.61 Å². The van der Waals surface area contributed by atoms with Crippen LogP contribution in [0.3, 0.4) is 0 Å². The normalized spacial score (nSPS) is 11.9. The van der Waals surface area contributed by atoms with Crippen LogP contribution < -0.4 is 4.74 Å². The highest BCUT2D eigenvalue weighted by molar-refractivity contribution is 6.08. The molecule has 1 unspecified atom stereocenters. The average molecular weight is 354 g/mol. The van der Waals surface area contributed by atoms with Gasteiger partial charge in [-0.15, -0.1) is 0 Å². The van der Waals surface area contributed by atoms with Gasteiger partial charge in [0.05, 0.1) is 6.10 Å². The van der Waals surface area contributed by atoms with Gasteiger partial charge in [0.15, 0.2) is 5.78 Å². The van der Waals surface area contributed by atoms with E-state index in [0.717, 1.165) is 12.8 Å². The van der Waals surface area contributed by atoms with Crippen LogP contribution in [0, 0.1) is 0 Å². The Labute approximate surface area is 157 Å². The van der Waals surface area contributed by atoms with E-state index in [4.69, 9.17) is 4.74 Å². The van der Waals surface area contributed by atoms with Crippen LogP contribution in [0.2, 0.25) is 0 Å². The largest absolute Gasteiger partial charge is 0.491 e. The zero-order valence-electron chi connectivity index (χ0n) is 15.7. The molecule has 0 aliphatic rings. The summed E-state index contributed by atoms with van der Waals surface area (Å²) in [5, 5.41) is 10.0. The molecular weight excluding hydrogens is 324 g/mol. The lowest BCUT2D eigenvalue weighted by molar-refractivity contribution is 0.0973. The Morgan fingerprint density at radius 1 is 0.885 bits per heavy atom. The van der Waals surface area contributed by atoms with Gasteiger partial charge in [0.25, 0.3) is 0 Å². The molecule has 0 fully saturated rings. The lowest BCUT2D eigenvalue weighted by Crippen LogP contribution is -2.17. The standard InChI is InChI=1S/C23H30O3/c1-2-3-4-5-6-10-13-21(24)18-26-22-16-14-20(15-17-22)23(25)19-11-8-7-9-12-19/h7-9,11-12,14-17,21,24H,2-6,10,13,18H2,1H3. The van der Waals surface area contributed by atoms with Crippen molar-refractivity contribution in [1.29, 1.82) is 0 Å². The van der Waals surface area contributed by atoms with Crippen molar-refractivity contribution in [3.63, 3.8) is 0 Å². The molecule has 0 amide bonds. The summed E-state index contributed by atoms with van der Waals surface area (Å²) < 4.78 is 5.64. The summed E-state index contributed by atoms with van der Waals surface area (Å²) in [6.45, 7) is 2.51. The minimum atomic E-state index is -0.438. The topological polar surface area (TPSA) is 46.5 Å². The Balaban J connectivity index is 1.71. The van der Waals surface area contributed by atoms with Gasteiger partial charge in [-0.05, 0) is 30.7 Å². The van der Waals surface area contributed by atoms with Crippen molar-refractivity contribution >= 4 is 5.78 Å². The fraction of sp³-hybridized carbons (Fsp3) is 0.435. The molecule has 0 saturated heterocycles. The van der Waals surface area contributed by atoms with E-state index in [9.17, 15) is 9.90 Å². The van der Waals surface area contributed by atoms with Crippen LogP contribution in [0.1, 0.15) is 67.8 Å². The molecule has 0 spiro atoms. The molecule has 26 heavy (non-hydrogen) atoms. The summed E-state index contributed by atoms with van der Waals surface area (Å²) in [6.07, 6.45) is 7.64. The molecule has 0 heterocycles. The number of hydrogen-bond acceptors (Lipinski definition) is 3. The first-order valence-electron chi connectivity index (χ1n) is 9.71. The van der Waals surface area contributed by atoms with Gasteiger partial charge in [-0.3, -0.25) is 4.79 Å². The monoisotopic (exact) mass is 354 g/mol. The SMILES string of the molecule is CCCCCCCCC(O)COc1ccc(C(=O)c2ccccc2)cc1. The molecule has 2 aromatic carbocycles. The van der Waals surface area contributed by atoms with Crippen LogP contribution in [-0.2, 0) is 0 Å². The summed E-state index contributed by atoms with van der Waals surface area (Å²) in [5.41, 5.74) is 1.31. The number of aliphatic hydroxyl groups excluding tert-OH is 1. The van der Waals surface area contributed by atoms with Crippen molar-refractivity contribution in [1.82, 2.24) is 0 Å². The molecule has 1 atom stereocenters. The minimum Gasteiger partial charge on any atom is -0.491 e. The molecule has 3 nitrogen and oxygen atoms in total. The molecule has 140 valence electrons. The average Bonchev–Trinajstić information content (AvgIpc) is 2.69. The Morgan fingerprint density at radius 2 is 1.50 bits per heavy atom. The van der Waals surface area contributed by atoms with Gasteiger partial charge in [-0.1, -0.05) is 75.8 Å². The van der Waals surface area contributed by atoms with Crippen molar-refractivity contribution in [3.05, 3.63) is 65.7 Å². The van der Waals surface area contributed by atoms with Crippen LogP contribution >= 0.6 is 0 Å². The minimum absolute atomic E-state index is 0.000239. The number of rotatable bonds is 12. The van der Waals surface area contributed by atoms with Gasteiger partial charge in [0, 0.05) is 11.1 Å². The molecule has 0 aliphatic heterocycles. The summed E-state index contributed by atoms with van der Waals surface area (Å²) in [5.74, 6) is 0.678. The number of ketones is 1. The van der Waals surface area contributed by atoms with Crippen LogP contribution in [0.4, 0.5) is 0 Å². The van der Waals surface area contributed by atoms with Gasteiger partial charge in [0.2, 0.25) is 0 Å². The number of benzene rings is 2. The van der Waals surface area contributed by atoms with Crippen LogP contribution in [0.5, 0.6) is 5.75 Å². The molecule has 2 aromatic rings. The van der Waals surface area contributed by atoms with E-state index in [2.05, 4.69) is 6.92 Å². The molecule has 2 rings (SSSR count). The fourth-order valence-corrected chi connectivity index (χ4v) is 2.89. The van der Waals surface area contributed by atoms with Gasteiger partial charge < -0.3 is 9.84 Å². The maximum absolute atomic E-state index is 12.4. The van der Waals surface area contributed by atoms with E-state index in [1.165, 1.54) is 32.1 Å². The molecule has 0 radical (unpaired) electrons. The predicted molar refractivity (Wildman–Crippen MR) is 106 cm³/mol. The molecule has 0 bridgehead atoms. The number of aliphatic hydroxyl groups is 1. The second-order valence-corrected chi connectivity index (χ2v) is 6.74. The number of carbonyl (C=O) groups is 1. The first kappa shape index (κ1) is 20.2. The molecule has 0 aromatic heterocycles. The number of carbonyl (C=O) groups excluding carboxylic acids is 1. The van der Waals surface area contributed by atoms with Crippen LogP contribution in [0.15, 0.2) is 54.6 Å². The smallest absolute Gasteiger partial charge is 0.193 e. The first-order valence-corrected chi connectivity index (χ1v) is 9.71. The fourth-order valence-electron chi connectivity index (χ4n) is 2.89. The Kier molecular flexibility index (Phi) is 8.91. The van der Waals surface area contributed by atoms with Gasteiger partial charge in [-0.2, -0.15) is 0 Å². The number of unbranched alkanes of at least 4 members (excludes halogenated alkanes) is 5. The van der Waals surface area contributed by atoms with Gasteiger partial charge >= 0.3 is 0 Å². The van der Waals surface area contributed by atoms with Crippen molar-refractivity contribution in [3.8, 4) is 5.75 Å². The van der Waals surface area contributed by atoms with E-state index in [0.29, 0.717) is 23.5 Å². The highest BCUT2D eigenvalue weighted by Gasteiger charge is 2.09. The molecule has 0 saturated carbocycles. The third-order valence-corrected chi connectivity index (χ3v) is 4.49. The van der Waals surface area contributed by atoms with Crippen molar-refractivity contribution < 1.29 is 14.6 Å². The highest BCUT2D eigenvalue weighted by atomic mass is 16.5. The van der Waals surface area contributed by atoms with E-state index in [1.54, 1.807) is 24.3 Å². The highest BCUT2D eigenvalue weighted by Crippen LogP contribution is 2.16. The van der Waals surface area contributed by atoms with Crippen molar-refractivity contribution in [2.45, 2.75) is 58.0 Å². The Hall–Kier alpha value is -2.13. The Bertz CT molecular complexity index is 634. The molecule has 1 N–H and O–H groups in total. The zero-order chi connectivity index (χ0) is 18.6. The lowest BCUT2D eigenvalue weighted by atomic mass is 10.0. The van der Waals surface area contributed by atoms with Gasteiger partial charge in [-0.25, -0.2) is 0 Å². The second-order valence-electron chi connectivity index (χ2n) is 6.74. The van der Waals surface area contributed by atoms with Gasteiger partial charge in [0.1, 0.15) is 12.4 Å². The molecule has 3 heteroatoms. The number of ether oxygens (including phenoxy) is 1. The van der Waals surface area contributed by atoms with E-state index >= 15 is 0 Å². The maximum atomic E-state index is 12.4. The molecule has 0 aliphatic carbocycles.